The van der Waals surface area contributed by atoms with Crippen LogP contribution in [0.5, 0.6) is 5.75 Å². The summed E-state index contributed by atoms with van der Waals surface area (Å²) in [5, 5.41) is 10.6. The van der Waals surface area contributed by atoms with E-state index in [4.69, 9.17) is 4.74 Å². The Hall–Kier alpha value is -2.70. The Morgan fingerprint density at radius 1 is 1.30 bits per heavy atom. The summed E-state index contributed by atoms with van der Waals surface area (Å²) >= 11 is 0. The number of halogens is 1. The molecule has 0 saturated carbocycles. The molecule has 0 spiro atoms. The van der Waals surface area contributed by atoms with Crippen LogP contribution in [0.15, 0.2) is 30.7 Å². The second-order valence-electron chi connectivity index (χ2n) is 4.21. The number of methoxy groups -OCH3 is 1. The van der Waals surface area contributed by atoms with E-state index < -0.39 is 0 Å². The van der Waals surface area contributed by atoms with Crippen LogP contribution in [-0.4, -0.2) is 27.3 Å². The molecular weight excluding hydrogens is 261 g/mol. The number of nitrogens with zero attached hydrogens (tertiary/aromatic N) is 3. The highest BCUT2D eigenvalue weighted by Gasteiger charge is 2.06. The van der Waals surface area contributed by atoms with Gasteiger partial charge in [-0.05, 0) is 17.7 Å². The Balaban J connectivity index is 1.82. The van der Waals surface area contributed by atoms with Gasteiger partial charge in [-0.15, -0.1) is 0 Å². The normalized spacial score (nSPS) is 10.7. The number of nitrogens with one attached hydrogen (secondary N) is 2. The molecule has 0 aliphatic rings. The quantitative estimate of drug-likeness (QED) is 0.761. The Morgan fingerprint density at radius 3 is 3.05 bits per heavy atom. The molecule has 102 valence electrons. The standard InChI is InChI=1S/C13H12FN5O/c1-20-10-3-8(2-9(14)4-10)5-15-12-11-6-18-19-13(11)17-7-16-12/h2-4,6-7H,5H2,1H3,(H2,15,16,17,18,19). The molecule has 3 aromatic rings. The molecule has 2 N–H and O–H groups in total. The summed E-state index contributed by atoms with van der Waals surface area (Å²) in [5.74, 6) is 0.794. The van der Waals surface area contributed by atoms with Crippen LogP contribution < -0.4 is 10.1 Å². The molecule has 0 radical (unpaired) electrons. The maximum Gasteiger partial charge on any atom is 0.160 e. The fraction of sp³-hybridized carbons (Fsp3) is 0.154. The van der Waals surface area contributed by atoms with Gasteiger partial charge in [0.15, 0.2) is 5.65 Å². The molecule has 20 heavy (non-hydrogen) atoms. The summed E-state index contributed by atoms with van der Waals surface area (Å²) in [7, 11) is 1.51. The second-order valence-corrected chi connectivity index (χ2v) is 4.21. The Morgan fingerprint density at radius 2 is 2.20 bits per heavy atom. The third kappa shape index (κ3) is 2.37. The van der Waals surface area contributed by atoms with E-state index in [0.29, 0.717) is 23.8 Å². The fourth-order valence-electron chi connectivity index (χ4n) is 1.93. The first-order valence-electron chi connectivity index (χ1n) is 5.97. The van der Waals surface area contributed by atoms with Crippen molar-refractivity contribution in [1.29, 1.82) is 0 Å². The van der Waals surface area contributed by atoms with Crippen LogP contribution in [0, 0.1) is 5.82 Å². The molecule has 0 unspecified atom stereocenters. The van der Waals surface area contributed by atoms with Gasteiger partial charge in [0, 0.05) is 12.6 Å². The van der Waals surface area contributed by atoms with Crippen molar-refractivity contribution in [3.63, 3.8) is 0 Å². The summed E-state index contributed by atoms with van der Waals surface area (Å²) in [6.45, 7) is 0.422. The van der Waals surface area contributed by atoms with Gasteiger partial charge in [-0.3, -0.25) is 5.10 Å². The first-order valence-corrected chi connectivity index (χ1v) is 5.97. The molecular formula is C13H12FN5O. The highest BCUT2D eigenvalue weighted by atomic mass is 19.1. The highest BCUT2D eigenvalue weighted by molar-refractivity contribution is 5.85. The van der Waals surface area contributed by atoms with E-state index >= 15 is 0 Å². The van der Waals surface area contributed by atoms with E-state index in [9.17, 15) is 4.39 Å². The lowest BCUT2D eigenvalue weighted by Crippen LogP contribution is -2.03. The van der Waals surface area contributed by atoms with Crippen LogP contribution in [0.25, 0.3) is 11.0 Å². The lowest BCUT2D eigenvalue weighted by atomic mass is 10.2. The first kappa shape index (κ1) is 12.3. The smallest absolute Gasteiger partial charge is 0.160 e. The average Bonchev–Trinajstić information content (AvgIpc) is 2.93. The Bertz CT molecular complexity index is 742. The molecule has 0 atom stereocenters. The van der Waals surface area contributed by atoms with Crippen LogP contribution in [0.4, 0.5) is 10.2 Å². The molecule has 6 nitrogen and oxygen atoms in total. The number of hydrogen-bond acceptors (Lipinski definition) is 5. The number of rotatable bonds is 4. The van der Waals surface area contributed by atoms with Gasteiger partial charge in [0.2, 0.25) is 0 Å². The van der Waals surface area contributed by atoms with Crippen molar-refractivity contribution in [3.8, 4) is 5.75 Å². The molecule has 0 aliphatic heterocycles. The average molecular weight is 273 g/mol. The van der Waals surface area contributed by atoms with Crippen LogP contribution in [0.2, 0.25) is 0 Å². The number of aromatic amines is 1. The van der Waals surface area contributed by atoms with Crippen molar-refractivity contribution in [3.05, 3.63) is 42.1 Å². The van der Waals surface area contributed by atoms with Crippen molar-refractivity contribution in [2.45, 2.75) is 6.54 Å². The van der Waals surface area contributed by atoms with Crippen LogP contribution in [-0.2, 0) is 6.54 Å². The van der Waals surface area contributed by atoms with Crippen molar-refractivity contribution in [2.75, 3.05) is 12.4 Å². The Labute approximate surface area is 114 Å². The minimum absolute atomic E-state index is 0.336. The van der Waals surface area contributed by atoms with Gasteiger partial charge in [-0.1, -0.05) is 0 Å². The predicted molar refractivity (Wildman–Crippen MR) is 72.0 cm³/mol. The van der Waals surface area contributed by atoms with Gasteiger partial charge in [0.25, 0.3) is 0 Å². The SMILES string of the molecule is COc1cc(F)cc(CNc2ncnc3[nH]ncc23)c1. The fourth-order valence-corrected chi connectivity index (χ4v) is 1.93. The van der Waals surface area contributed by atoms with Crippen LogP contribution in [0.1, 0.15) is 5.56 Å². The molecule has 7 heteroatoms. The zero-order valence-corrected chi connectivity index (χ0v) is 10.7. The zero-order chi connectivity index (χ0) is 13.9. The van der Waals surface area contributed by atoms with E-state index in [2.05, 4.69) is 25.5 Å². The molecule has 0 aliphatic carbocycles. The molecule has 2 heterocycles. The number of anilines is 1. The van der Waals surface area contributed by atoms with Crippen molar-refractivity contribution in [1.82, 2.24) is 20.2 Å². The molecule has 0 fully saturated rings. The van der Waals surface area contributed by atoms with Gasteiger partial charge in [0.1, 0.15) is 23.7 Å². The summed E-state index contributed by atoms with van der Waals surface area (Å²) in [5.41, 5.74) is 1.41. The predicted octanol–water partition coefficient (Wildman–Crippen LogP) is 2.11. The first-order chi connectivity index (χ1) is 9.76. The monoisotopic (exact) mass is 273 g/mol. The van der Waals surface area contributed by atoms with Crippen molar-refractivity contribution in [2.24, 2.45) is 0 Å². The molecule has 3 rings (SSSR count). The minimum atomic E-state index is -0.336. The molecule has 2 aromatic heterocycles. The van der Waals surface area contributed by atoms with E-state index in [1.807, 2.05) is 0 Å². The van der Waals surface area contributed by atoms with Gasteiger partial charge in [-0.25, -0.2) is 14.4 Å². The number of aromatic nitrogens is 4. The maximum atomic E-state index is 13.4. The summed E-state index contributed by atoms with van der Waals surface area (Å²) < 4.78 is 18.4. The zero-order valence-electron chi connectivity index (χ0n) is 10.7. The lowest BCUT2D eigenvalue weighted by Gasteiger charge is -2.08. The molecule has 0 amide bonds. The van der Waals surface area contributed by atoms with E-state index in [-0.39, 0.29) is 5.82 Å². The summed E-state index contributed by atoms with van der Waals surface area (Å²) in [6, 6.07) is 4.55. The van der Waals surface area contributed by atoms with Crippen LogP contribution in [0.3, 0.4) is 0 Å². The largest absolute Gasteiger partial charge is 0.497 e. The number of hydrogen-bond donors (Lipinski definition) is 2. The highest BCUT2D eigenvalue weighted by Crippen LogP contribution is 2.19. The topological polar surface area (TPSA) is 75.7 Å². The summed E-state index contributed by atoms with van der Waals surface area (Å²) in [6.07, 6.45) is 3.08. The van der Waals surface area contributed by atoms with Gasteiger partial charge < -0.3 is 10.1 Å². The maximum absolute atomic E-state index is 13.4. The molecule has 0 bridgehead atoms. The number of ether oxygens (including phenoxy) is 1. The molecule has 1 aromatic carbocycles. The van der Waals surface area contributed by atoms with Crippen molar-refractivity contribution >= 4 is 16.9 Å². The molecule has 0 saturated heterocycles. The van der Waals surface area contributed by atoms with Crippen molar-refractivity contribution < 1.29 is 9.13 Å². The van der Waals surface area contributed by atoms with E-state index in [0.717, 1.165) is 10.9 Å². The third-order valence-electron chi connectivity index (χ3n) is 2.87. The number of fused-ring (bicyclic) bond motifs is 1. The minimum Gasteiger partial charge on any atom is -0.497 e. The van der Waals surface area contributed by atoms with E-state index in [1.165, 1.54) is 25.6 Å². The Kier molecular flexibility index (Phi) is 3.16. The second kappa shape index (κ2) is 5.12. The van der Waals surface area contributed by atoms with Gasteiger partial charge >= 0.3 is 0 Å². The number of benzene rings is 1. The van der Waals surface area contributed by atoms with Crippen LogP contribution >= 0.6 is 0 Å². The van der Waals surface area contributed by atoms with Gasteiger partial charge in [0.05, 0.1) is 18.7 Å². The van der Waals surface area contributed by atoms with E-state index in [1.54, 1.807) is 12.3 Å². The number of H-pyrrole nitrogens is 1. The third-order valence-corrected chi connectivity index (χ3v) is 2.87. The lowest BCUT2D eigenvalue weighted by molar-refractivity contribution is 0.410. The summed E-state index contributed by atoms with van der Waals surface area (Å²) in [4.78, 5) is 8.20. The van der Waals surface area contributed by atoms with Gasteiger partial charge in [-0.2, -0.15) is 5.10 Å².